The number of aromatic amines is 1. The summed E-state index contributed by atoms with van der Waals surface area (Å²) in [4.78, 5) is 32.2. The number of carbonyl (C=O) groups is 2. The first-order chi connectivity index (χ1) is 20.2. The van der Waals surface area contributed by atoms with Crippen molar-refractivity contribution in [2.24, 2.45) is 5.73 Å². The summed E-state index contributed by atoms with van der Waals surface area (Å²) in [5.74, 6) is -0.348. The molecule has 41 heavy (non-hydrogen) atoms. The van der Waals surface area contributed by atoms with E-state index in [2.05, 4.69) is 32.8 Å². The lowest BCUT2D eigenvalue weighted by Gasteiger charge is -2.18. The van der Waals surface area contributed by atoms with Crippen molar-refractivity contribution in [1.82, 2.24) is 25.9 Å². The number of amides is 2. The zero-order valence-electron chi connectivity index (χ0n) is 26.2. The molecule has 1 atom stereocenters. The lowest BCUT2D eigenvalue weighted by Crippen LogP contribution is -2.48. The van der Waals surface area contributed by atoms with Gasteiger partial charge >= 0.3 is 0 Å². The van der Waals surface area contributed by atoms with Crippen LogP contribution in [0.1, 0.15) is 128 Å². The van der Waals surface area contributed by atoms with E-state index >= 15 is 0 Å². The van der Waals surface area contributed by atoms with Gasteiger partial charge in [0.2, 0.25) is 11.8 Å². The zero-order valence-corrected chi connectivity index (χ0v) is 26.2. The summed E-state index contributed by atoms with van der Waals surface area (Å²) in [6, 6.07) is -0.657. The molecule has 9 nitrogen and oxygen atoms in total. The van der Waals surface area contributed by atoms with Crippen LogP contribution in [-0.2, 0) is 20.7 Å². The molecule has 0 aromatic carbocycles. The molecule has 6 N–H and O–H groups in total. The van der Waals surface area contributed by atoms with Gasteiger partial charge in [0, 0.05) is 37.8 Å². The first-order valence-electron chi connectivity index (χ1n) is 16.7. The van der Waals surface area contributed by atoms with E-state index < -0.39 is 6.04 Å². The van der Waals surface area contributed by atoms with Crippen LogP contribution in [0, 0.1) is 0 Å². The topological polar surface area (TPSA) is 134 Å². The van der Waals surface area contributed by atoms with Crippen molar-refractivity contribution in [2.75, 3.05) is 39.4 Å². The molecule has 0 radical (unpaired) electrons. The Morgan fingerprint density at radius 2 is 1.41 bits per heavy atom. The fraction of sp³-hybridized carbons (Fsp3) is 0.844. The van der Waals surface area contributed by atoms with Gasteiger partial charge in [0.05, 0.1) is 19.5 Å². The van der Waals surface area contributed by atoms with Crippen LogP contribution in [0.4, 0.5) is 0 Å². The fourth-order valence-corrected chi connectivity index (χ4v) is 4.94. The molecular formula is C32H62N6O3. The number of aromatic nitrogens is 2. The van der Waals surface area contributed by atoms with Gasteiger partial charge in [0.15, 0.2) is 0 Å². The number of ether oxygens (including phenoxy) is 1. The van der Waals surface area contributed by atoms with Gasteiger partial charge < -0.3 is 31.4 Å². The number of nitrogens with one attached hydrogen (secondary N) is 4. The highest BCUT2D eigenvalue weighted by atomic mass is 16.5. The number of rotatable bonds is 30. The third-order valence-corrected chi connectivity index (χ3v) is 7.40. The molecule has 1 aromatic rings. The van der Waals surface area contributed by atoms with Gasteiger partial charge in [-0.2, -0.15) is 0 Å². The second-order valence-corrected chi connectivity index (χ2v) is 11.2. The Balaban J connectivity index is 1.98. The van der Waals surface area contributed by atoms with E-state index in [1.165, 1.54) is 103 Å². The van der Waals surface area contributed by atoms with Gasteiger partial charge in [-0.1, -0.05) is 103 Å². The molecule has 0 saturated carbocycles. The Bertz CT molecular complexity index is 716. The van der Waals surface area contributed by atoms with Gasteiger partial charge in [-0.3, -0.25) is 9.59 Å². The molecule has 0 aliphatic carbocycles. The Morgan fingerprint density at radius 3 is 1.98 bits per heavy atom. The van der Waals surface area contributed by atoms with Crippen LogP contribution in [0.5, 0.6) is 0 Å². The quantitative estimate of drug-likeness (QED) is 0.0801. The van der Waals surface area contributed by atoms with Crippen LogP contribution in [0.25, 0.3) is 0 Å². The molecular weight excluding hydrogens is 516 g/mol. The van der Waals surface area contributed by atoms with Crippen molar-refractivity contribution >= 4 is 11.8 Å². The predicted octanol–water partition coefficient (Wildman–Crippen LogP) is 5.16. The number of nitrogens with zero attached hydrogens (tertiary/aromatic N) is 1. The number of unbranched alkanes of at least 4 members (excludes halogenated alkanes) is 15. The Kier molecular flexibility index (Phi) is 25.5. The van der Waals surface area contributed by atoms with E-state index in [0.29, 0.717) is 39.1 Å². The first kappa shape index (κ1) is 37.1. The first-order valence-corrected chi connectivity index (χ1v) is 16.7. The fourth-order valence-electron chi connectivity index (χ4n) is 4.94. The third-order valence-electron chi connectivity index (χ3n) is 7.40. The molecule has 0 aliphatic heterocycles. The molecule has 1 heterocycles. The molecule has 1 aromatic heterocycles. The van der Waals surface area contributed by atoms with E-state index in [1.54, 1.807) is 12.5 Å². The average Bonchev–Trinajstić information content (AvgIpc) is 3.49. The van der Waals surface area contributed by atoms with Crippen LogP contribution in [0.3, 0.4) is 0 Å². The van der Waals surface area contributed by atoms with Gasteiger partial charge in [-0.05, 0) is 25.9 Å². The molecule has 0 bridgehead atoms. The summed E-state index contributed by atoms with van der Waals surface area (Å²) in [5.41, 5.74) is 6.20. The van der Waals surface area contributed by atoms with Crippen LogP contribution in [-0.4, -0.2) is 67.2 Å². The molecule has 0 aliphatic rings. The smallest absolute Gasteiger partial charge is 0.243 e. The monoisotopic (exact) mass is 578 g/mol. The molecule has 0 unspecified atom stereocenters. The lowest BCUT2D eigenvalue weighted by molar-refractivity contribution is -0.129. The third kappa shape index (κ3) is 23.3. The Labute approximate surface area is 250 Å². The average molecular weight is 579 g/mol. The van der Waals surface area contributed by atoms with E-state index in [1.807, 2.05) is 0 Å². The molecule has 0 saturated heterocycles. The maximum absolute atomic E-state index is 12.6. The number of nitrogens with two attached hydrogens (primary N) is 1. The molecule has 9 heteroatoms. The van der Waals surface area contributed by atoms with Crippen molar-refractivity contribution in [3.63, 3.8) is 0 Å². The predicted molar refractivity (Wildman–Crippen MR) is 169 cm³/mol. The second kappa shape index (κ2) is 28.2. The Morgan fingerprint density at radius 1 is 0.829 bits per heavy atom. The minimum atomic E-state index is -0.657. The van der Waals surface area contributed by atoms with Crippen molar-refractivity contribution in [1.29, 1.82) is 0 Å². The molecule has 0 fully saturated rings. The highest BCUT2D eigenvalue weighted by Gasteiger charge is 2.21. The van der Waals surface area contributed by atoms with Crippen molar-refractivity contribution in [3.05, 3.63) is 18.2 Å². The van der Waals surface area contributed by atoms with Crippen LogP contribution in [0.2, 0.25) is 0 Å². The normalized spacial score (nSPS) is 12.0. The molecule has 1 rings (SSSR count). The van der Waals surface area contributed by atoms with Crippen molar-refractivity contribution in [2.45, 2.75) is 135 Å². The standard InChI is InChI=1S/C32H62N6O3/c1-2-3-4-5-6-7-8-9-10-11-12-13-14-15-16-17-21-34-22-18-19-31(39)38-30(26-29-27-35-28-37-29)32(40)36-23-25-41-24-20-33/h27-28,30,34H,2-26,33H2,1H3,(H,35,37)(H,36,40)(H,38,39)/t30-/m0/s1. The number of hydrogen-bond acceptors (Lipinski definition) is 6. The lowest BCUT2D eigenvalue weighted by atomic mass is 10.0. The summed E-state index contributed by atoms with van der Waals surface area (Å²) < 4.78 is 5.30. The highest BCUT2D eigenvalue weighted by Crippen LogP contribution is 2.13. The SMILES string of the molecule is CCCCCCCCCCCCCCCCCCNCCCC(=O)N[C@@H](Cc1cnc[nH]1)C(=O)NCCOCCN. The van der Waals surface area contributed by atoms with E-state index in [-0.39, 0.29) is 11.8 Å². The van der Waals surface area contributed by atoms with E-state index in [0.717, 1.165) is 25.2 Å². The largest absolute Gasteiger partial charge is 0.378 e. The highest BCUT2D eigenvalue weighted by molar-refractivity contribution is 5.87. The maximum Gasteiger partial charge on any atom is 0.243 e. The summed E-state index contributed by atoms with van der Waals surface area (Å²) >= 11 is 0. The maximum atomic E-state index is 12.6. The molecule has 238 valence electrons. The zero-order chi connectivity index (χ0) is 29.6. The summed E-state index contributed by atoms with van der Waals surface area (Å²) in [6.45, 7) is 5.75. The minimum Gasteiger partial charge on any atom is -0.378 e. The number of hydrogen-bond donors (Lipinski definition) is 5. The van der Waals surface area contributed by atoms with E-state index in [9.17, 15) is 9.59 Å². The number of carbonyl (C=O) groups excluding carboxylic acids is 2. The van der Waals surface area contributed by atoms with Crippen LogP contribution in [0.15, 0.2) is 12.5 Å². The van der Waals surface area contributed by atoms with Gasteiger partial charge in [-0.15, -0.1) is 0 Å². The summed E-state index contributed by atoms with van der Waals surface area (Å²) in [6.07, 6.45) is 26.8. The van der Waals surface area contributed by atoms with Gasteiger partial charge in [0.25, 0.3) is 0 Å². The van der Waals surface area contributed by atoms with Crippen molar-refractivity contribution < 1.29 is 14.3 Å². The van der Waals surface area contributed by atoms with Crippen LogP contribution < -0.4 is 21.7 Å². The minimum absolute atomic E-state index is 0.117. The number of H-pyrrole nitrogens is 1. The second-order valence-electron chi connectivity index (χ2n) is 11.2. The van der Waals surface area contributed by atoms with E-state index in [4.69, 9.17) is 10.5 Å². The number of imidazole rings is 1. The molecule has 0 spiro atoms. The van der Waals surface area contributed by atoms with Crippen LogP contribution >= 0.6 is 0 Å². The van der Waals surface area contributed by atoms with Gasteiger partial charge in [-0.25, -0.2) is 4.98 Å². The summed E-state index contributed by atoms with van der Waals surface area (Å²) in [5, 5.41) is 9.16. The Hall–Kier alpha value is -1.97. The van der Waals surface area contributed by atoms with Crippen molar-refractivity contribution in [3.8, 4) is 0 Å². The molecule has 2 amide bonds. The van der Waals surface area contributed by atoms with Gasteiger partial charge in [0.1, 0.15) is 6.04 Å². The summed E-state index contributed by atoms with van der Waals surface area (Å²) in [7, 11) is 0.